The standard InChI is InChI=1S/C23H27N3O2/c1-3-14-24-23(28)19-9-11-20(12-10-19)25(2)22(18-7-5-4-6-8-18)17-26-15-13-21(27)16-26/h1,4-12,21-22,27H,13-17H2,2H3,(H,24,28)/t21-,22+/m0/s1. The van der Waals surface area contributed by atoms with Gasteiger partial charge in [0, 0.05) is 37.9 Å². The summed E-state index contributed by atoms with van der Waals surface area (Å²) < 4.78 is 0. The number of carbonyl (C=O) groups excluding carboxylic acids is 1. The number of benzene rings is 2. The summed E-state index contributed by atoms with van der Waals surface area (Å²) in [6, 6.07) is 18.1. The van der Waals surface area contributed by atoms with Crippen LogP contribution >= 0.6 is 0 Å². The molecule has 1 amide bonds. The summed E-state index contributed by atoms with van der Waals surface area (Å²) in [5, 5.41) is 12.6. The minimum atomic E-state index is -0.234. The van der Waals surface area contributed by atoms with Gasteiger partial charge >= 0.3 is 0 Å². The fourth-order valence-corrected chi connectivity index (χ4v) is 3.61. The Labute approximate surface area is 167 Å². The molecule has 0 spiro atoms. The summed E-state index contributed by atoms with van der Waals surface area (Å²) in [5.74, 6) is 2.24. The number of likely N-dealkylation sites (N-methyl/N-ethyl adjacent to an activating group) is 1. The zero-order valence-corrected chi connectivity index (χ0v) is 16.2. The van der Waals surface area contributed by atoms with E-state index < -0.39 is 0 Å². The molecule has 2 aromatic carbocycles. The summed E-state index contributed by atoms with van der Waals surface area (Å²) in [6.07, 6.45) is 5.78. The maximum absolute atomic E-state index is 12.1. The zero-order chi connectivity index (χ0) is 19.9. The number of terminal acetylenes is 1. The molecule has 146 valence electrons. The Balaban J connectivity index is 1.77. The van der Waals surface area contributed by atoms with E-state index in [1.807, 2.05) is 42.5 Å². The number of amides is 1. The number of anilines is 1. The monoisotopic (exact) mass is 377 g/mol. The molecule has 28 heavy (non-hydrogen) atoms. The van der Waals surface area contributed by atoms with Crippen LogP contribution in [0.25, 0.3) is 0 Å². The predicted molar refractivity (Wildman–Crippen MR) is 112 cm³/mol. The van der Waals surface area contributed by atoms with E-state index in [0.29, 0.717) is 12.1 Å². The number of nitrogens with zero attached hydrogens (tertiary/aromatic N) is 2. The van der Waals surface area contributed by atoms with Crippen LogP contribution in [0.4, 0.5) is 5.69 Å². The third kappa shape index (κ3) is 4.92. The van der Waals surface area contributed by atoms with Gasteiger partial charge < -0.3 is 15.3 Å². The van der Waals surface area contributed by atoms with Crippen LogP contribution in [0.1, 0.15) is 28.4 Å². The van der Waals surface area contributed by atoms with Crippen LogP contribution in [0.15, 0.2) is 54.6 Å². The van der Waals surface area contributed by atoms with E-state index in [0.717, 1.165) is 25.2 Å². The molecule has 1 fully saturated rings. The van der Waals surface area contributed by atoms with Crippen molar-refractivity contribution in [2.24, 2.45) is 0 Å². The van der Waals surface area contributed by atoms with Crippen molar-refractivity contribution >= 4 is 11.6 Å². The lowest BCUT2D eigenvalue weighted by molar-refractivity contribution is 0.0958. The average molecular weight is 377 g/mol. The van der Waals surface area contributed by atoms with E-state index in [2.05, 4.69) is 40.2 Å². The normalized spacial score (nSPS) is 17.7. The Hall–Kier alpha value is -2.81. The highest BCUT2D eigenvalue weighted by Gasteiger charge is 2.26. The number of aliphatic hydroxyl groups is 1. The molecule has 0 saturated carbocycles. The number of hydrogen-bond donors (Lipinski definition) is 2. The average Bonchev–Trinajstić information content (AvgIpc) is 3.15. The van der Waals surface area contributed by atoms with E-state index >= 15 is 0 Å². The molecule has 3 rings (SSSR count). The summed E-state index contributed by atoms with van der Waals surface area (Å²) in [5.41, 5.74) is 2.84. The van der Waals surface area contributed by atoms with Crippen LogP contribution < -0.4 is 10.2 Å². The van der Waals surface area contributed by atoms with Crippen LogP contribution in [0, 0.1) is 12.3 Å². The lowest BCUT2D eigenvalue weighted by atomic mass is 10.0. The first-order valence-electron chi connectivity index (χ1n) is 9.58. The molecule has 0 bridgehead atoms. The second kappa shape index (κ2) is 9.41. The van der Waals surface area contributed by atoms with Gasteiger partial charge in [0.15, 0.2) is 0 Å². The molecule has 5 nitrogen and oxygen atoms in total. The quantitative estimate of drug-likeness (QED) is 0.727. The van der Waals surface area contributed by atoms with E-state index in [-0.39, 0.29) is 24.6 Å². The van der Waals surface area contributed by atoms with Gasteiger partial charge in [0.25, 0.3) is 5.91 Å². The topological polar surface area (TPSA) is 55.8 Å². The summed E-state index contributed by atoms with van der Waals surface area (Å²) >= 11 is 0. The largest absolute Gasteiger partial charge is 0.392 e. The van der Waals surface area contributed by atoms with E-state index in [9.17, 15) is 9.90 Å². The zero-order valence-electron chi connectivity index (χ0n) is 16.2. The van der Waals surface area contributed by atoms with Gasteiger partial charge in [-0.3, -0.25) is 9.69 Å². The fourth-order valence-electron chi connectivity index (χ4n) is 3.61. The maximum atomic E-state index is 12.1. The molecule has 2 N–H and O–H groups in total. The predicted octanol–water partition coefficient (Wildman–Crippen LogP) is 2.29. The maximum Gasteiger partial charge on any atom is 0.252 e. The SMILES string of the molecule is C#CCNC(=O)c1ccc(N(C)[C@H](CN2CC[C@H](O)C2)c2ccccc2)cc1. The van der Waals surface area contributed by atoms with Crippen molar-refractivity contribution in [1.82, 2.24) is 10.2 Å². The van der Waals surface area contributed by atoms with Gasteiger partial charge in [0.1, 0.15) is 0 Å². The van der Waals surface area contributed by atoms with E-state index in [4.69, 9.17) is 6.42 Å². The van der Waals surface area contributed by atoms with Crippen LogP contribution in [0.5, 0.6) is 0 Å². The Kier molecular flexibility index (Phi) is 6.70. The number of aliphatic hydroxyl groups excluding tert-OH is 1. The van der Waals surface area contributed by atoms with Gasteiger partial charge in [-0.1, -0.05) is 36.3 Å². The van der Waals surface area contributed by atoms with E-state index in [1.165, 1.54) is 5.56 Å². The van der Waals surface area contributed by atoms with Crippen LogP contribution in [0.2, 0.25) is 0 Å². The second-order valence-corrected chi connectivity index (χ2v) is 7.17. The molecule has 0 radical (unpaired) electrons. The van der Waals surface area contributed by atoms with Gasteiger partial charge in [0.2, 0.25) is 0 Å². The molecule has 1 heterocycles. The van der Waals surface area contributed by atoms with Crippen molar-refractivity contribution in [1.29, 1.82) is 0 Å². The first kappa shape index (κ1) is 19.9. The highest BCUT2D eigenvalue weighted by atomic mass is 16.3. The smallest absolute Gasteiger partial charge is 0.252 e. The van der Waals surface area contributed by atoms with Crippen molar-refractivity contribution in [2.75, 3.05) is 38.1 Å². The number of nitrogens with one attached hydrogen (secondary N) is 1. The summed E-state index contributed by atoms with van der Waals surface area (Å²) in [4.78, 5) is 16.6. The van der Waals surface area contributed by atoms with Gasteiger partial charge in [-0.2, -0.15) is 0 Å². The fraction of sp³-hybridized carbons (Fsp3) is 0.348. The van der Waals surface area contributed by atoms with Crippen LogP contribution in [0.3, 0.4) is 0 Å². The third-order valence-corrected chi connectivity index (χ3v) is 5.22. The molecule has 1 saturated heterocycles. The lowest BCUT2D eigenvalue weighted by Gasteiger charge is -2.33. The Morgan fingerprint density at radius 3 is 2.61 bits per heavy atom. The van der Waals surface area contributed by atoms with Gasteiger partial charge in [-0.25, -0.2) is 0 Å². The molecule has 1 aliphatic heterocycles. The Morgan fingerprint density at radius 2 is 2.00 bits per heavy atom. The molecule has 0 unspecified atom stereocenters. The van der Waals surface area contributed by atoms with Gasteiger partial charge in [-0.05, 0) is 36.2 Å². The number of hydrogen-bond acceptors (Lipinski definition) is 4. The highest BCUT2D eigenvalue weighted by Crippen LogP contribution is 2.28. The minimum Gasteiger partial charge on any atom is -0.392 e. The number of likely N-dealkylation sites (tertiary alicyclic amines) is 1. The molecule has 5 heteroatoms. The molecule has 0 aromatic heterocycles. The number of rotatable bonds is 7. The Bertz CT molecular complexity index is 814. The van der Waals surface area contributed by atoms with E-state index in [1.54, 1.807) is 0 Å². The first-order valence-corrected chi connectivity index (χ1v) is 9.58. The van der Waals surface area contributed by atoms with Crippen molar-refractivity contribution < 1.29 is 9.90 Å². The third-order valence-electron chi connectivity index (χ3n) is 5.22. The Morgan fingerprint density at radius 1 is 1.29 bits per heavy atom. The highest BCUT2D eigenvalue weighted by molar-refractivity contribution is 5.94. The van der Waals surface area contributed by atoms with Crippen molar-refractivity contribution in [3.05, 3.63) is 65.7 Å². The lowest BCUT2D eigenvalue weighted by Crippen LogP contribution is -2.36. The van der Waals surface area contributed by atoms with Crippen LogP contribution in [-0.2, 0) is 0 Å². The van der Waals surface area contributed by atoms with Crippen molar-refractivity contribution in [3.8, 4) is 12.3 Å². The molecular weight excluding hydrogens is 350 g/mol. The summed E-state index contributed by atoms with van der Waals surface area (Å²) in [7, 11) is 2.07. The molecular formula is C23H27N3O2. The molecule has 2 atom stereocenters. The van der Waals surface area contributed by atoms with Gasteiger partial charge in [0.05, 0.1) is 18.7 Å². The number of carbonyl (C=O) groups is 1. The minimum absolute atomic E-state index is 0.146. The summed E-state index contributed by atoms with van der Waals surface area (Å²) in [6.45, 7) is 2.68. The van der Waals surface area contributed by atoms with Crippen LogP contribution in [-0.4, -0.2) is 55.2 Å². The molecule has 0 aliphatic carbocycles. The van der Waals surface area contributed by atoms with Crippen molar-refractivity contribution in [3.63, 3.8) is 0 Å². The van der Waals surface area contributed by atoms with Crippen molar-refractivity contribution in [2.45, 2.75) is 18.6 Å². The molecule has 1 aliphatic rings. The first-order chi connectivity index (χ1) is 13.6. The number of β-amino-alcohol motifs (C(OH)–C–C–N with tert-alkyl or cyclic N) is 1. The van der Waals surface area contributed by atoms with Gasteiger partial charge in [-0.15, -0.1) is 6.42 Å². The second-order valence-electron chi connectivity index (χ2n) is 7.17. The molecule has 2 aromatic rings.